The van der Waals surface area contributed by atoms with Crippen LogP contribution in [-0.4, -0.2) is 11.2 Å². The maximum absolute atomic E-state index is 5.59. The highest BCUT2D eigenvalue weighted by Gasteiger charge is 2.00. The monoisotopic (exact) mass is 206 g/mol. The quantitative estimate of drug-likeness (QED) is 0.810. The fraction of sp³-hybridized carbons (Fsp3) is 0.273. The number of thioether (sulfide) groups is 1. The standard InChI is InChI=1S/C11H14N2S/c1-14-7-10-5-9-4-8(6-12)2-3-11(9)13-10/h2-5,13H,6-7,12H2,1H3. The molecule has 0 saturated carbocycles. The number of H-pyrrole nitrogens is 1. The van der Waals surface area contributed by atoms with Crippen molar-refractivity contribution in [3.8, 4) is 0 Å². The van der Waals surface area contributed by atoms with E-state index in [-0.39, 0.29) is 0 Å². The Morgan fingerprint density at radius 2 is 2.21 bits per heavy atom. The van der Waals surface area contributed by atoms with Crippen molar-refractivity contribution in [3.63, 3.8) is 0 Å². The van der Waals surface area contributed by atoms with Gasteiger partial charge >= 0.3 is 0 Å². The molecule has 14 heavy (non-hydrogen) atoms. The molecule has 0 unspecified atom stereocenters. The van der Waals surface area contributed by atoms with E-state index in [2.05, 4.69) is 35.5 Å². The van der Waals surface area contributed by atoms with E-state index in [1.807, 2.05) is 11.8 Å². The second-order valence-corrected chi connectivity index (χ2v) is 4.22. The molecular formula is C11H14N2S. The number of nitrogens with one attached hydrogen (secondary N) is 1. The van der Waals surface area contributed by atoms with Crippen LogP contribution in [0.25, 0.3) is 10.9 Å². The van der Waals surface area contributed by atoms with Gasteiger partial charge < -0.3 is 10.7 Å². The lowest BCUT2D eigenvalue weighted by molar-refractivity contribution is 1.08. The Morgan fingerprint density at radius 1 is 1.36 bits per heavy atom. The topological polar surface area (TPSA) is 41.8 Å². The average Bonchev–Trinajstić information content (AvgIpc) is 2.59. The summed E-state index contributed by atoms with van der Waals surface area (Å²) in [6.45, 7) is 0.610. The van der Waals surface area contributed by atoms with Crippen LogP contribution >= 0.6 is 11.8 Å². The van der Waals surface area contributed by atoms with Gasteiger partial charge in [0.05, 0.1) is 0 Å². The van der Waals surface area contributed by atoms with Crippen molar-refractivity contribution < 1.29 is 0 Å². The van der Waals surface area contributed by atoms with E-state index in [0.29, 0.717) is 6.54 Å². The van der Waals surface area contributed by atoms with E-state index >= 15 is 0 Å². The van der Waals surface area contributed by atoms with Crippen molar-refractivity contribution in [1.29, 1.82) is 0 Å². The van der Waals surface area contributed by atoms with Gasteiger partial charge in [0, 0.05) is 23.5 Å². The van der Waals surface area contributed by atoms with Gasteiger partial charge in [0.15, 0.2) is 0 Å². The summed E-state index contributed by atoms with van der Waals surface area (Å²) in [5.41, 5.74) is 9.26. The van der Waals surface area contributed by atoms with Gasteiger partial charge in [-0.05, 0) is 35.4 Å². The number of nitrogens with two attached hydrogens (primary N) is 1. The summed E-state index contributed by atoms with van der Waals surface area (Å²) in [5, 5.41) is 1.26. The lowest BCUT2D eigenvalue weighted by Crippen LogP contribution is -1.94. The summed E-state index contributed by atoms with van der Waals surface area (Å²) in [7, 11) is 0. The number of hydrogen-bond acceptors (Lipinski definition) is 2. The van der Waals surface area contributed by atoms with E-state index in [0.717, 1.165) is 5.75 Å². The largest absolute Gasteiger partial charge is 0.358 e. The SMILES string of the molecule is CSCc1cc2cc(CN)ccc2[nH]1. The number of rotatable bonds is 3. The van der Waals surface area contributed by atoms with Gasteiger partial charge in [0.1, 0.15) is 0 Å². The number of benzene rings is 1. The first-order valence-electron chi connectivity index (χ1n) is 4.63. The predicted octanol–water partition coefficient (Wildman–Crippen LogP) is 2.49. The Morgan fingerprint density at radius 3 is 2.93 bits per heavy atom. The number of hydrogen-bond donors (Lipinski definition) is 2. The molecule has 0 aliphatic heterocycles. The zero-order chi connectivity index (χ0) is 9.97. The molecule has 2 rings (SSSR count). The second-order valence-electron chi connectivity index (χ2n) is 3.35. The van der Waals surface area contributed by atoms with Gasteiger partial charge in [-0.25, -0.2) is 0 Å². The molecule has 1 aromatic heterocycles. The molecule has 2 nitrogen and oxygen atoms in total. The fourth-order valence-corrected chi connectivity index (χ4v) is 2.07. The molecule has 1 aromatic carbocycles. The summed E-state index contributed by atoms with van der Waals surface area (Å²) >= 11 is 1.82. The van der Waals surface area contributed by atoms with Crippen LogP contribution in [0, 0.1) is 0 Å². The van der Waals surface area contributed by atoms with Gasteiger partial charge in [0.2, 0.25) is 0 Å². The third-order valence-corrected chi connectivity index (χ3v) is 2.88. The third kappa shape index (κ3) is 1.79. The van der Waals surface area contributed by atoms with Crippen molar-refractivity contribution in [1.82, 2.24) is 4.98 Å². The van der Waals surface area contributed by atoms with Gasteiger partial charge in [-0.3, -0.25) is 0 Å². The van der Waals surface area contributed by atoms with Gasteiger partial charge in [-0.15, -0.1) is 0 Å². The maximum Gasteiger partial charge on any atom is 0.0456 e. The molecule has 3 heteroatoms. The lowest BCUT2D eigenvalue weighted by atomic mass is 10.1. The Bertz CT molecular complexity index is 434. The van der Waals surface area contributed by atoms with E-state index in [4.69, 9.17) is 5.73 Å². The molecule has 0 bridgehead atoms. The molecule has 0 amide bonds. The minimum absolute atomic E-state index is 0.610. The zero-order valence-corrected chi connectivity index (χ0v) is 9.03. The van der Waals surface area contributed by atoms with E-state index in [1.54, 1.807) is 0 Å². The molecular weight excluding hydrogens is 192 g/mol. The third-order valence-electron chi connectivity index (χ3n) is 2.28. The van der Waals surface area contributed by atoms with Crippen LogP contribution < -0.4 is 5.73 Å². The molecule has 0 spiro atoms. The van der Waals surface area contributed by atoms with E-state index in [9.17, 15) is 0 Å². The van der Waals surface area contributed by atoms with Crippen molar-refractivity contribution in [2.45, 2.75) is 12.3 Å². The van der Waals surface area contributed by atoms with Gasteiger partial charge in [0.25, 0.3) is 0 Å². The highest BCUT2D eigenvalue weighted by Crippen LogP contribution is 2.19. The first-order valence-corrected chi connectivity index (χ1v) is 6.02. The first-order chi connectivity index (χ1) is 6.83. The number of aromatic nitrogens is 1. The van der Waals surface area contributed by atoms with Crippen LogP contribution in [0.3, 0.4) is 0 Å². The van der Waals surface area contributed by atoms with Crippen LogP contribution in [0.5, 0.6) is 0 Å². The fourth-order valence-electron chi connectivity index (χ4n) is 1.60. The van der Waals surface area contributed by atoms with Crippen molar-refractivity contribution in [3.05, 3.63) is 35.5 Å². The second kappa shape index (κ2) is 4.07. The Labute approximate surface area is 87.9 Å². The Balaban J connectivity index is 2.43. The molecule has 1 heterocycles. The highest BCUT2D eigenvalue weighted by atomic mass is 32.2. The van der Waals surface area contributed by atoms with Crippen molar-refractivity contribution >= 4 is 22.7 Å². The van der Waals surface area contributed by atoms with Crippen LogP contribution in [0.4, 0.5) is 0 Å². The van der Waals surface area contributed by atoms with Crippen molar-refractivity contribution in [2.24, 2.45) is 5.73 Å². The average molecular weight is 206 g/mol. The van der Waals surface area contributed by atoms with Crippen molar-refractivity contribution in [2.75, 3.05) is 6.26 Å². The maximum atomic E-state index is 5.59. The van der Waals surface area contributed by atoms with Crippen LogP contribution in [0.1, 0.15) is 11.3 Å². The molecule has 0 fully saturated rings. The van der Waals surface area contributed by atoms with E-state index < -0.39 is 0 Å². The Kier molecular flexibility index (Phi) is 2.79. The molecule has 3 N–H and O–H groups in total. The highest BCUT2D eigenvalue weighted by molar-refractivity contribution is 7.97. The summed E-state index contributed by atoms with van der Waals surface area (Å²) in [6.07, 6.45) is 2.11. The minimum Gasteiger partial charge on any atom is -0.358 e. The summed E-state index contributed by atoms with van der Waals surface area (Å²) in [6, 6.07) is 8.52. The first kappa shape index (κ1) is 9.62. The van der Waals surface area contributed by atoms with Gasteiger partial charge in [-0.2, -0.15) is 11.8 Å². The summed E-state index contributed by atoms with van der Waals surface area (Å²) < 4.78 is 0. The molecule has 0 atom stereocenters. The normalized spacial score (nSPS) is 11.0. The zero-order valence-electron chi connectivity index (χ0n) is 8.21. The molecule has 74 valence electrons. The predicted molar refractivity (Wildman–Crippen MR) is 63.4 cm³/mol. The number of fused-ring (bicyclic) bond motifs is 1. The van der Waals surface area contributed by atoms with Crippen LogP contribution in [-0.2, 0) is 12.3 Å². The van der Waals surface area contributed by atoms with E-state index in [1.165, 1.54) is 22.2 Å². The molecule has 0 saturated heterocycles. The summed E-state index contributed by atoms with van der Waals surface area (Å²) in [5.74, 6) is 1.03. The van der Waals surface area contributed by atoms with Gasteiger partial charge in [-0.1, -0.05) is 6.07 Å². The van der Waals surface area contributed by atoms with Crippen LogP contribution in [0.15, 0.2) is 24.3 Å². The summed E-state index contributed by atoms with van der Waals surface area (Å²) in [4.78, 5) is 3.39. The number of aromatic amines is 1. The lowest BCUT2D eigenvalue weighted by Gasteiger charge is -1.95. The molecule has 2 aromatic rings. The molecule has 0 radical (unpaired) electrons. The van der Waals surface area contributed by atoms with Crippen LogP contribution in [0.2, 0.25) is 0 Å². The minimum atomic E-state index is 0.610. The molecule has 0 aliphatic rings. The smallest absolute Gasteiger partial charge is 0.0456 e. The molecule has 0 aliphatic carbocycles. The Hall–Kier alpha value is -0.930.